The summed E-state index contributed by atoms with van der Waals surface area (Å²) in [5.74, 6) is 0.899. The molecule has 2 aromatic rings. The van der Waals surface area contributed by atoms with E-state index < -0.39 is 0 Å². The Morgan fingerprint density at radius 2 is 1.71 bits per heavy atom. The second kappa shape index (κ2) is 6.22. The van der Waals surface area contributed by atoms with Gasteiger partial charge in [-0.25, -0.2) is 0 Å². The van der Waals surface area contributed by atoms with Crippen LogP contribution in [0.4, 0.5) is 0 Å². The van der Waals surface area contributed by atoms with Gasteiger partial charge in [0.2, 0.25) is 0 Å². The number of para-hydroxylation sites is 1. The van der Waals surface area contributed by atoms with E-state index in [0.29, 0.717) is 6.61 Å². The smallest absolute Gasteiger partial charge is 0.119 e. The summed E-state index contributed by atoms with van der Waals surface area (Å²) in [6, 6.07) is 16.1. The van der Waals surface area contributed by atoms with E-state index in [0.717, 1.165) is 15.6 Å². The van der Waals surface area contributed by atoms with Crippen LogP contribution in [0.2, 0.25) is 0 Å². The second-order valence-corrected chi connectivity index (χ2v) is 5.12. The first-order valence-corrected chi connectivity index (χ1v) is 7.22. The summed E-state index contributed by atoms with van der Waals surface area (Å²) in [4.78, 5) is 0. The number of benzene rings is 2. The van der Waals surface area contributed by atoms with Crippen molar-refractivity contribution in [3.63, 3.8) is 0 Å². The summed E-state index contributed by atoms with van der Waals surface area (Å²) in [7, 11) is 0. The normalized spacial score (nSPS) is 10.2. The zero-order valence-corrected chi connectivity index (χ0v) is 12.4. The largest absolute Gasteiger partial charge is 0.489 e. The van der Waals surface area contributed by atoms with Gasteiger partial charge in [0, 0.05) is 9.80 Å². The first-order valence-electron chi connectivity index (χ1n) is 5.30. The summed E-state index contributed by atoms with van der Waals surface area (Å²) < 4.78 is 6.83. The van der Waals surface area contributed by atoms with Crippen molar-refractivity contribution in [2.24, 2.45) is 0 Å². The molecule has 0 aliphatic heterocycles. The minimum Gasteiger partial charge on any atom is -0.489 e. The van der Waals surface area contributed by atoms with Crippen molar-refractivity contribution >= 4 is 31.9 Å². The molecular weight excluding hydrogens is 344 g/mol. The molecule has 0 unspecified atom stereocenters. The lowest BCUT2D eigenvalue weighted by molar-refractivity contribution is 0.305. The van der Waals surface area contributed by atoms with Crippen LogP contribution in [0.1, 0.15) is 11.1 Å². The fourth-order valence-corrected chi connectivity index (χ4v) is 2.47. The van der Waals surface area contributed by atoms with Crippen molar-refractivity contribution in [2.75, 3.05) is 0 Å². The minimum atomic E-state index is 0.595. The van der Waals surface area contributed by atoms with Crippen LogP contribution >= 0.6 is 31.9 Å². The van der Waals surface area contributed by atoms with E-state index in [9.17, 15) is 0 Å². The molecule has 0 heterocycles. The predicted molar refractivity (Wildman–Crippen MR) is 77.5 cm³/mol. The fourth-order valence-electron chi connectivity index (χ4n) is 1.54. The van der Waals surface area contributed by atoms with Crippen molar-refractivity contribution in [3.05, 3.63) is 64.1 Å². The van der Waals surface area contributed by atoms with Crippen molar-refractivity contribution < 1.29 is 4.74 Å². The highest BCUT2D eigenvalue weighted by Crippen LogP contribution is 2.21. The zero-order valence-electron chi connectivity index (χ0n) is 9.20. The van der Waals surface area contributed by atoms with E-state index in [2.05, 4.69) is 44.0 Å². The Labute approximate surface area is 118 Å². The molecule has 0 bridgehead atoms. The van der Waals surface area contributed by atoms with Crippen LogP contribution in [0.25, 0.3) is 0 Å². The lowest BCUT2D eigenvalue weighted by Crippen LogP contribution is -1.98. The topological polar surface area (TPSA) is 9.23 Å². The lowest BCUT2D eigenvalue weighted by Gasteiger charge is -2.10. The van der Waals surface area contributed by atoms with Crippen LogP contribution in [0, 0.1) is 0 Å². The Bertz CT molecular complexity index is 483. The maximum Gasteiger partial charge on any atom is 0.119 e. The number of alkyl halides is 1. The van der Waals surface area contributed by atoms with Gasteiger partial charge in [-0.05, 0) is 35.4 Å². The van der Waals surface area contributed by atoms with Gasteiger partial charge in [-0.3, -0.25) is 0 Å². The quantitative estimate of drug-likeness (QED) is 0.707. The van der Waals surface area contributed by atoms with E-state index in [1.54, 1.807) is 0 Å². The SMILES string of the molecule is BrCc1cc(Br)ccc1COc1ccccc1. The van der Waals surface area contributed by atoms with Crippen LogP contribution in [0.15, 0.2) is 53.0 Å². The maximum atomic E-state index is 5.74. The molecule has 0 radical (unpaired) electrons. The molecule has 2 aromatic carbocycles. The van der Waals surface area contributed by atoms with Gasteiger partial charge in [-0.15, -0.1) is 0 Å². The molecule has 0 saturated heterocycles. The molecule has 0 amide bonds. The molecule has 0 aliphatic carbocycles. The first-order chi connectivity index (χ1) is 8.29. The third-order valence-corrected chi connectivity index (χ3v) is 3.55. The summed E-state index contributed by atoms with van der Waals surface area (Å²) in [5, 5.41) is 0.833. The Balaban J connectivity index is 2.09. The number of ether oxygens (including phenoxy) is 1. The average Bonchev–Trinajstić information content (AvgIpc) is 2.38. The summed E-state index contributed by atoms with van der Waals surface area (Å²) >= 11 is 6.96. The highest BCUT2D eigenvalue weighted by Gasteiger charge is 2.03. The van der Waals surface area contributed by atoms with Crippen LogP contribution in [0.5, 0.6) is 5.75 Å². The first kappa shape index (κ1) is 12.7. The van der Waals surface area contributed by atoms with Crippen LogP contribution in [-0.2, 0) is 11.9 Å². The molecule has 0 aliphatic rings. The molecule has 0 fully saturated rings. The van der Waals surface area contributed by atoms with Gasteiger partial charge in [0.1, 0.15) is 12.4 Å². The van der Waals surface area contributed by atoms with Gasteiger partial charge in [0.05, 0.1) is 0 Å². The minimum absolute atomic E-state index is 0.595. The highest BCUT2D eigenvalue weighted by atomic mass is 79.9. The number of hydrogen-bond acceptors (Lipinski definition) is 1. The van der Waals surface area contributed by atoms with Gasteiger partial charge >= 0.3 is 0 Å². The van der Waals surface area contributed by atoms with E-state index in [4.69, 9.17) is 4.74 Å². The summed E-state index contributed by atoms with van der Waals surface area (Å²) in [6.45, 7) is 0.595. The van der Waals surface area contributed by atoms with E-state index in [1.165, 1.54) is 11.1 Å². The molecule has 0 spiro atoms. The number of rotatable bonds is 4. The molecule has 0 atom stereocenters. The molecule has 0 N–H and O–H groups in total. The average molecular weight is 356 g/mol. The molecule has 3 heteroatoms. The van der Waals surface area contributed by atoms with Crippen LogP contribution in [-0.4, -0.2) is 0 Å². The van der Waals surface area contributed by atoms with Gasteiger partial charge in [-0.1, -0.05) is 56.1 Å². The maximum absolute atomic E-state index is 5.74. The standard InChI is InChI=1S/C14H12Br2O/c15-9-12-8-13(16)7-6-11(12)10-17-14-4-2-1-3-5-14/h1-8H,9-10H2. The second-order valence-electron chi connectivity index (χ2n) is 3.65. The van der Waals surface area contributed by atoms with E-state index in [1.807, 2.05) is 36.4 Å². The Morgan fingerprint density at radius 3 is 2.41 bits per heavy atom. The Morgan fingerprint density at radius 1 is 0.941 bits per heavy atom. The van der Waals surface area contributed by atoms with Crippen molar-refractivity contribution in [1.82, 2.24) is 0 Å². The van der Waals surface area contributed by atoms with Gasteiger partial charge in [-0.2, -0.15) is 0 Å². The zero-order chi connectivity index (χ0) is 12.1. The van der Waals surface area contributed by atoms with E-state index in [-0.39, 0.29) is 0 Å². The third-order valence-electron chi connectivity index (χ3n) is 2.45. The van der Waals surface area contributed by atoms with E-state index >= 15 is 0 Å². The number of halogens is 2. The van der Waals surface area contributed by atoms with Crippen molar-refractivity contribution in [1.29, 1.82) is 0 Å². The highest BCUT2D eigenvalue weighted by molar-refractivity contribution is 9.10. The summed E-state index contributed by atoms with van der Waals surface area (Å²) in [6.07, 6.45) is 0. The van der Waals surface area contributed by atoms with Crippen LogP contribution < -0.4 is 4.74 Å². The molecule has 17 heavy (non-hydrogen) atoms. The van der Waals surface area contributed by atoms with Crippen LogP contribution in [0.3, 0.4) is 0 Å². The number of hydrogen-bond donors (Lipinski definition) is 0. The third kappa shape index (κ3) is 3.58. The monoisotopic (exact) mass is 354 g/mol. The van der Waals surface area contributed by atoms with Gasteiger partial charge in [0.15, 0.2) is 0 Å². The van der Waals surface area contributed by atoms with Gasteiger partial charge < -0.3 is 4.74 Å². The Kier molecular flexibility index (Phi) is 4.63. The van der Waals surface area contributed by atoms with Crippen molar-refractivity contribution in [3.8, 4) is 5.75 Å². The molecule has 2 rings (SSSR count). The molecular formula is C14H12Br2O. The Hall–Kier alpha value is -0.800. The summed E-state index contributed by atoms with van der Waals surface area (Å²) in [5.41, 5.74) is 2.45. The molecule has 0 saturated carbocycles. The van der Waals surface area contributed by atoms with Crippen molar-refractivity contribution in [2.45, 2.75) is 11.9 Å². The molecule has 88 valence electrons. The fraction of sp³-hybridized carbons (Fsp3) is 0.143. The predicted octanol–water partition coefficient (Wildman–Crippen LogP) is 4.92. The van der Waals surface area contributed by atoms with Gasteiger partial charge in [0.25, 0.3) is 0 Å². The molecule has 0 aromatic heterocycles. The molecule has 1 nitrogen and oxygen atoms in total. The lowest BCUT2D eigenvalue weighted by atomic mass is 10.1.